The standard InChI is InChI=1S/C15H23NO3S/c1-4-12(11-20-3)16(2)9-10-19-14-8-6-5-7-13(14)15(17)18/h5-8,12H,4,9-11H2,1-3H3,(H,17,18). The van der Waals surface area contributed by atoms with E-state index in [4.69, 9.17) is 9.84 Å². The summed E-state index contributed by atoms with van der Waals surface area (Å²) in [6.45, 7) is 3.46. The van der Waals surface area contributed by atoms with Crippen molar-refractivity contribution >= 4 is 17.7 Å². The molecule has 1 aromatic rings. The number of carboxylic acids is 1. The molecular formula is C15H23NO3S. The first kappa shape index (κ1) is 16.9. The van der Waals surface area contributed by atoms with Crippen LogP contribution in [0.25, 0.3) is 0 Å². The fourth-order valence-electron chi connectivity index (χ4n) is 2.00. The van der Waals surface area contributed by atoms with Gasteiger partial charge in [-0.25, -0.2) is 4.79 Å². The van der Waals surface area contributed by atoms with Gasteiger partial charge in [0, 0.05) is 18.3 Å². The van der Waals surface area contributed by atoms with Crippen molar-refractivity contribution < 1.29 is 14.6 Å². The van der Waals surface area contributed by atoms with Gasteiger partial charge in [0.15, 0.2) is 0 Å². The van der Waals surface area contributed by atoms with E-state index in [0.29, 0.717) is 18.4 Å². The van der Waals surface area contributed by atoms with E-state index in [2.05, 4.69) is 25.1 Å². The Bertz CT molecular complexity index is 425. The lowest BCUT2D eigenvalue weighted by Gasteiger charge is -2.26. The number of rotatable bonds is 9. The van der Waals surface area contributed by atoms with Crippen molar-refractivity contribution in [2.24, 2.45) is 0 Å². The number of carbonyl (C=O) groups is 1. The van der Waals surface area contributed by atoms with Gasteiger partial charge in [-0.05, 0) is 31.9 Å². The average molecular weight is 297 g/mol. The highest BCUT2D eigenvalue weighted by Crippen LogP contribution is 2.17. The number of para-hydroxylation sites is 1. The van der Waals surface area contributed by atoms with Gasteiger partial charge in [-0.3, -0.25) is 4.90 Å². The Labute approximate surface area is 125 Å². The molecule has 0 fully saturated rings. The number of hydrogen-bond donors (Lipinski definition) is 1. The third-order valence-electron chi connectivity index (χ3n) is 3.27. The highest BCUT2D eigenvalue weighted by molar-refractivity contribution is 7.98. The van der Waals surface area contributed by atoms with E-state index in [9.17, 15) is 4.79 Å². The number of nitrogens with zero attached hydrogens (tertiary/aromatic N) is 1. The topological polar surface area (TPSA) is 49.8 Å². The van der Waals surface area contributed by atoms with Gasteiger partial charge in [0.05, 0.1) is 0 Å². The minimum Gasteiger partial charge on any atom is -0.491 e. The summed E-state index contributed by atoms with van der Waals surface area (Å²) in [7, 11) is 2.08. The highest BCUT2D eigenvalue weighted by Gasteiger charge is 2.13. The number of benzene rings is 1. The molecule has 1 rings (SSSR count). The second-order valence-corrected chi connectivity index (χ2v) is 5.56. The van der Waals surface area contributed by atoms with Crippen molar-refractivity contribution in [2.75, 3.05) is 32.2 Å². The van der Waals surface area contributed by atoms with Gasteiger partial charge in [-0.2, -0.15) is 11.8 Å². The van der Waals surface area contributed by atoms with E-state index >= 15 is 0 Å². The molecule has 0 aromatic heterocycles. The molecule has 0 amide bonds. The zero-order valence-corrected chi connectivity index (χ0v) is 13.2. The molecule has 4 nitrogen and oxygen atoms in total. The summed E-state index contributed by atoms with van der Waals surface area (Å²) in [6, 6.07) is 7.28. The van der Waals surface area contributed by atoms with Gasteiger partial charge < -0.3 is 9.84 Å². The second-order valence-electron chi connectivity index (χ2n) is 4.65. The van der Waals surface area contributed by atoms with Crippen LogP contribution in [0, 0.1) is 0 Å². The van der Waals surface area contributed by atoms with E-state index in [0.717, 1.165) is 18.7 Å². The maximum absolute atomic E-state index is 11.1. The van der Waals surface area contributed by atoms with Gasteiger partial charge in [-0.15, -0.1) is 0 Å². The maximum atomic E-state index is 11.1. The molecule has 1 atom stereocenters. The van der Waals surface area contributed by atoms with E-state index in [1.54, 1.807) is 24.3 Å². The number of thioether (sulfide) groups is 1. The summed E-state index contributed by atoms with van der Waals surface area (Å²) in [4.78, 5) is 13.3. The minimum atomic E-state index is -0.956. The Morgan fingerprint density at radius 2 is 2.15 bits per heavy atom. The minimum absolute atomic E-state index is 0.214. The lowest BCUT2D eigenvalue weighted by atomic mass is 10.2. The van der Waals surface area contributed by atoms with Gasteiger partial charge in [0.1, 0.15) is 17.9 Å². The fourth-order valence-corrected chi connectivity index (χ4v) is 2.88. The van der Waals surface area contributed by atoms with Crippen LogP contribution in [0.3, 0.4) is 0 Å². The largest absolute Gasteiger partial charge is 0.491 e. The van der Waals surface area contributed by atoms with Crippen molar-refractivity contribution in [3.05, 3.63) is 29.8 Å². The Kier molecular flexibility index (Phi) is 7.47. The van der Waals surface area contributed by atoms with Gasteiger partial charge in [-0.1, -0.05) is 19.1 Å². The monoisotopic (exact) mass is 297 g/mol. The fraction of sp³-hybridized carbons (Fsp3) is 0.533. The molecule has 20 heavy (non-hydrogen) atoms. The first-order valence-corrected chi connectivity index (χ1v) is 8.13. The number of carboxylic acid groups (broad SMARTS) is 1. The zero-order valence-electron chi connectivity index (χ0n) is 12.3. The van der Waals surface area contributed by atoms with Gasteiger partial charge >= 0.3 is 5.97 Å². The van der Waals surface area contributed by atoms with E-state index in [-0.39, 0.29) is 5.56 Å². The number of likely N-dealkylation sites (N-methyl/N-ethyl adjacent to an activating group) is 1. The molecule has 0 heterocycles. The molecule has 0 aliphatic carbocycles. The highest BCUT2D eigenvalue weighted by atomic mass is 32.2. The van der Waals surface area contributed by atoms with E-state index in [1.807, 2.05) is 11.8 Å². The Morgan fingerprint density at radius 1 is 1.45 bits per heavy atom. The smallest absolute Gasteiger partial charge is 0.339 e. The van der Waals surface area contributed by atoms with Crippen LogP contribution in [0.5, 0.6) is 5.75 Å². The zero-order chi connectivity index (χ0) is 15.0. The van der Waals surface area contributed by atoms with Crippen molar-refractivity contribution in [2.45, 2.75) is 19.4 Å². The summed E-state index contributed by atoms with van der Waals surface area (Å²) in [5.41, 5.74) is 0.214. The number of aromatic carboxylic acids is 1. The van der Waals surface area contributed by atoms with E-state index in [1.165, 1.54) is 0 Å². The van der Waals surface area contributed by atoms with Crippen LogP contribution in [0.2, 0.25) is 0 Å². The normalized spacial score (nSPS) is 12.4. The second kappa shape index (κ2) is 8.87. The molecule has 0 saturated carbocycles. The van der Waals surface area contributed by atoms with Crippen molar-refractivity contribution in [1.82, 2.24) is 4.90 Å². The van der Waals surface area contributed by atoms with Crippen molar-refractivity contribution in [3.63, 3.8) is 0 Å². The third-order valence-corrected chi connectivity index (χ3v) is 3.99. The quantitative estimate of drug-likeness (QED) is 0.759. The van der Waals surface area contributed by atoms with Crippen LogP contribution in [0.1, 0.15) is 23.7 Å². The van der Waals surface area contributed by atoms with E-state index < -0.39 is 5.97 Å². The third kappa shape index (κ3) is 5.06. The Balaban J connectivity index is 2.50. The van der Waals surface area contributed by atoms with Gasteiger partial charge in [0.25, 0.3) is 0 Å². The molecule has 112 valence electrons. The summed E-state index contributed by atoms with van der Waals surface area (Å²) >= 11 is 1.84. The molecule has 0 spiro atoms. The van der Waals surface area contributed by atoms with Crippen molar-refractivity contribution in [1.29, 1.82) is 0 Å². The molecule has 1 N–H and O–H groups in total. The first-order valence-electron chi connectivity index (χ1n) is 6.74. The van der Waals surface area contributed by atoms with Crippen LogP contribution in [-0.4, -0.2) is 54.2 Å². The molecule has 1 aromatic carbocycles. The lowest BCUT2D eigenvalue weighted by molar-refractivity contribution is 0.0691. The lowest BCUT2D eigenvalue weighted by Crippen LogP contribution is -2.36. The summed E-state index contributed by atoms with van der Waals surface area (Å²) in [5.74, 6) is 0.577. The molecule has 0 saturated heterocycles. The molecule has 0 aliphatic rings. The predicted octanol–water partition coefficient (Wildman–Crippen LogP) is 2.84. The molecule has 5 heteroatoms. The predicted molar refractivity (Wildman–Crippen MR) is 84.0 cm³/mol. The van der Waals surface area contributed by atoms with Crippen LogP contribution in [-0.2, 0) is 0 Å². The summed E-state index contributed by atoms with van der Waals surface area (Å²) in [6.07, 6.45) is 3.21. The Hall–Kier alpha value is -1.20. The van der Waals surface area contributed by atoms with Crippen LogP contribution < -0.4 is 4.74 Å². The number of ether oxygens (including phenoxy) is 1. The molecule has 0 bridgehead atoms. The van der Waals surface area contributed by atoms with Crippen molar-refractivity contribution in [3.8, 4) is 5.75 Å². The molecule has 0 radical (unpaired) electrons. The average Bonchev–Trinajstić information content (AvgIpc) is 2.44. The maximum Gasteiger partial charge on any atom is 0.339 e. The molecule has 0 aliphatic heterocycles. The summed E-state index contributed by atoms with van der Waals surface area (Å²) in [5, 5.41) is 9.08. The summed E-state index contributed by atoms with van der Waals surface area (Å²) < 4.78 is 5.61. The van der Waals surface area contributed by atoms with Crippen LogP contribution in [0.15, 0.2) is 24.3 Å². The number of hydrogen-bond acceptors (Lipinski definition) is 4. The molecular weight excluding hydrogens is 274 g/mol. The van der Waals surface area contributed by atoms with Crippen LogP contribution >= 0.6 is 11.8 Å². The molecule has 1 unspecified atom stereocenters. The van der Waals surface area contributed by atoms with Gasteiger partial charge in [0.2, 0.25) is 0 Å². The SMILES string of the molecule is CCC(CSC)N(C)CCOc1ccccc1C(=O)O. The van der Waals surface area contributed by atoms with Crippen LogP contribution in [0.4, 0.5) is 0 Å². The first-order chi connectivity index (χ1) is 9.60. The Morgan fingerprint density at radius 3 is 2.75 bits per heavy atom.